The number of carbonyl (C=O) groups excluding carboxylic acids is 2. The highest BCUT2D eigenvalue weighted by molar-refractivity contribution is 7.92. The number of hydrogen-bond donors (Lipinski definition) is 2. The van der Waals surface area contributed by atoms with Crippen LogP contribution in [0.5, 0.6) is 0 Å². The predicted octanol–water partition coefficient (Wildman–Crippen LogP) is 3.58. The van der Waals surface area contributed by atoms with Gasteiger partial charge in [-0.2, -0.15) is 13.2 Å². The van der Waals surface area contributed by atoms with Crippen LogP contribution in [0.25, 0.3) is 0 Å². The second-order valence-corrected chi connectivity index (χ2v) is 14.5. The van der Waals surface area contributed by atoms with Gasteiger partial charge < -0.3 is 15.7 Å². The van der Waals surface area contributed by atoms with E-state index in [4.69, 9.17) is 15.6 Å². The lowest BCUT2D eigenvalue weighted by molar-refractivity contribution is -0.192. The molecule has 2 heterocycles. The molecule has 1 aromatic carbocycles. The number of alkyl halides is 3. The maximum absolute atomic E-state index is 13.4. The van der Waals surface area contributed by atoms with Crippen LogP contribution < -0.4 is 5.73 Å². The molecule has 1 saturated carbocycles. The average Bonchev–Trinajstić information content (AvgIpc) is 3.08. The molecule has 3 fully saturated rings. The van der Waals surface area contributed by atoms with Gasteiger partial charge in [0.15, 0.2) is 9.84 Å². The number of nitrogens with two attached hydrogens (primary N) is 1. The Kier molecular flexibility index (Phi) is 10.2. The Morgan fingerprint density at radius 3 is 2.07 bits per heavy atom. The van der Waals surface area contributed by atoms with Crippen LogP contribution in [0.1, 0.15) is 80.6 Å². The van der Waals surface area contributed by atoms with Crippen LogP contribution in [-0.4, -0.2) is 90.0 Å². The largest absolute Gasteiger partial charge is 0.490 e. The summed E-state index contributed by atoms with van der Waals surface area (Å²) in [6, 6.07) is 8.61. The molecular formula is C28H40F3N3O6S. The molecular weight excluding hydrogens is 563 g/mol. The zero-order valence-electron chi connectivity index (χ0n) is 23.7. The van der Waals surface area contributed by atoms with Gasteiger partial charge in [-0.25, -0.2) is 13.2 Å². The summed E-state index contributed by atoms with van der Waals surface area (Å²) in [6.45, 7) is 5.08. The van der Waals surface area contributed by atoms with Gasteiger partial charge in [-0.15, -0.1) is 0 Å². The van der Waals surface area contributed by atoms with E-state index in [2.05, 4.69) is 11.0 Å². The summed E-state index contributed by atoms with van der Waals surface area (Å²) in [4.78, 5) is 38.2. The van der Waals surface area contributed by atoms with Crippen molar-refractivity contribution >= 4 is 27.6 Å². The monoisotopic (exact) mass is 603 g/mol. The Bertz CT molecular complexity index is 1220. The maximum atomic E-state index is 13.4. The molecule has 41 heavy (non-hydrogen) atoms. The number of primary amides is 1. The van der Waals surface area contributed by atoms with E-state index < -0.39 is 32.6 Å². The molecule has 2 bridgehead atoms. The minimum atomic E-state index is -5.08. The second-order valence-electron chi connectivity index (χ2n) is 11.9. The summed E-state index contributed by atoms with van der Waals surface area (Å²) in [7, 11) is -3.51. The first-order valence-electron chi connectivity index (χ1n) is 13.9. The quantitative estimate of drug-likeness (QED) is 0.440. The summed E-state index contributed by atoms with van der Waals surface area (Å²) in [6.07, 6.45) is 3.84. The lowest BCUT2D eigenvalue weighted by atomic mass is 9.84. The number of carbonyl (C=O) groups is 3. The highest BCUT2D eigenvalue weighted by Gasteiger charge is 2.44. The zero-order valence-corrected chi connectivity index (χ0v) is 24.5. The van der Waals surface area contributed by atoms with E-state index in [-0.39, 0.29) is 5.91 Å². The Morgan fingerprint density at radius 1 is 1.07 bits per heavy atom. The molecule has 2 aliphatic heterocycles. The average molecular weight is 604 g/mol. The molecule has 0 radical (unpaired) electrons. The maximum Gasteiger partial charge on any atom is 0.490 e. The van der Waals surface area contributed by atoms with Crippen molar-refractivity contribution in [2.75, 3.05) is 25.9 Å². The van der Waals surface area contributed by atoms with Gasteiger partial charge in [-0.3, -0.25) is 14.5 Å². The van der Waals surface area contributed by atoms with Crippen molar-refractivity contribution in [3.05, 3.63) is 35.4 Å². The van der Waals surface area contributed by atoms with Crippen LogP contribution in [0.15, 0.2) is 24.3 Å². The molecule has 1 unspecified atom stereocenters. The minimum absolute atomic E-state index is 0.271. The van der Waals surface area contributed by atoms with Crippen LogP contribution >= 0.6 is 0 Å². The predicted molar refractivity (Wildman–Crippen MR) is 147 cm³/mol. The van der Waals surface area contributed by atoms with E-state index in [1.807, 2.05) is 17.0 Å². The van der Waals surface area contributed by atoms with Gasteiger partial charge in [0.1, 0.15) is 4.75 Å². The molecule has 3 N–H and O–H groups in total. The van der Waals surface area contributed by atoms with Crippen LogP contribution in [-0.2, 0) is 19.4 Å². The summed E-state index contributed by atoms with van der Waals surface area (Å²) in [5, 5.41) is 7.12. The number of benzene rings is 1. The van der Waals surface area contributed by atoms with Crippen molar-refractivity contribution < 1.29 is 41.1 Å². The van der Waals surface area contributed by atoms with Gasteiger partial charge in [-0.05, 0) is 81.9 Å². The van der Waals surface area contributed by atoms with E-state index >= 15 is 0 Å². The molecule has 4 rings (SSSR count). The fraction of sp³-hybridized carbons (Fsp3) is 0.679. The van der Waals surface area contributed by atoms with Gasteiger partial charge >= 0.3 is 12.1 Å². The number of amides is 2. The van der Waals surface area contributed by atoms with Gasteiger partial charge in [0, 0.05) is 43.5 Å². The SMILES string of the molecule is CC(C)(C(=O)N(CCN1[C@@H]2CC[C@H]1CC(c1cccc(C(N)=O)c1)C2)CC1CCC1)S(C)(=O)=O.O=C(O)C(F)(F)F. The Labute approximate surface area is 239 Å². The second kappa shape index (κ2) is 12.7. The van der Waals surface area contributed by atoms with Gasteiger partial charge in [-0.1, -0.05) is 18.6 Å². The normalized spacial score (nSPS) is 23.2. The molecule has 230 valence electrons. The molecule has 3 aliphatic rings. The third kappa shape index (κ3) is 8.00. The zero-order chi connectivity index (χ0) is 30.8. The highest BCUT2D eigenvalue weighted by Crippen LogP contribution is 2.43. The molecule has 1 aromatic rings. The van der Waals surface area contributed by atoms with Crippen molar-refractivity contribution in [1.82, 2.24) is 9.80 Å². The molecule has 0 aromatic heterocycles. The summed E-state index contributed by atoms with van der Waals surface area (Å²) < 4.78 is 55.0. The van der Waals surface area contributed by atoms with E-state index in [0.29, 0.717) is 42.6 Å². The standard InChI is InChI=1S/C26H39N3O4S.C2HF3O2/c1-26(2,34(3,32)33)25(31)28(17-18-6-4-7-18)12-13-29-22-10-11-23(29)16-21(15-22)19-8-5-9-20(14-19)24(27)30;3-2(4,5)1(6)7/h5,8-9,14,18,21-23H,4,6-7,10-13,15-17H2,1-3H3,(H2,27,30);(H,6,7)/t21?,22-,23+;. The third-order valence-electron chi connectivity index (χ3n) is 8.83. The molecule has 13 heteroatoms. The van der Waals surface area contributed by atoms with Crippen molar-refractivity contribution in [2.24, 2.45) is 11.7 Å². The van der Waals surface area contributed by atoms with E-state index in [9.17, 15) is 31.2 Å². The Morgan fingerprint density at radius 2 is 1.63 bits per heavy atom. The minimum Gasteiger partial charge on any atom is -0.475 e. The summed E-state index contributed by atoms with van der Waals surface area (Å²) in [5.74, 6) is -2.53. The van der Waals surface area contributed by atoms with Crippen molar-refractivity contribution in [2.45, 2.75) is 87.7 Å². The van der Waals surface area contributed by atoms with E-state index in [1.165, 1.54) is 25.8 Å². The molecule has 1 aliphatic carbocycles. The number of halogens is 3. The first kappa shape index (κ1) is 32.8. The lowest BCUT2D eigenvalue weighted by Gasteiger charge is -2.42. The number of carboxylic acids is 1. The van der Waals surface area contributed by atoms with Crippen LogP contribution in [0.2, 0.25) is 0 Å². The third-order valence-corrected chi connectivity index (χ3v) is 10.9. The first-order chi connectivity index (χ1) is 18.9. The number of rotatable bonds is 9. The summed E-state index contributed by atoms with van der Waals surface area (Å²) in [5.41, 5.74) is 7.23. The number of hydrogen-bond acceptors (Lipinski definition) is 6. The Hall–Kier alpha value is -2.67. The van der Waals surface area contributed by atoms with E-state index in [1.54, 1.807) is 6.07 Å². The van der Waals surface area contributed by atoms with Crippen LogP contribution in [0.3, 0.4) is 0 Å². The fourth-order valence-electron chi connectivity index (χ4n) is 5.90. The number of piperidine rings is 1. The highest BCUT2D eigenvalue weighted by atomic mass is 32.2. The molecule has 3 atom stereocenters. The number of aliphatic carboxylic acids is 1. The number of sulfone groups is 1. The van der Waals surface area contributed by atoms with Crippen LogP contribution in [0.4, 0.5) is 13.2 Å². The molecule has 9 nitrogen and oxygen atoms in total. The summed E-state index contributed by atoms with van der Waals surface area (Å²) >= 11 is 0. The number of fused-ring (bicyclic) bond motifs is 2. The van der Waals surface area contributed by atoms with Gasteiger partial charge in [0.25, 0.3) is 0 Å². The van der Waals surface area contributed by atoms with Crippen molar-refractivity contribution in [1.29, 1.82) is 0 Å². The van der Waals surface area contributed by atoms with Crippen molar-refractivity contribution in [3.8, 4) is 0 Å². The van der Waals surface area contributed by atoms with Gasteiger partial charge in [0.05, 0.1) is 0 Å². The number of carboxylic acid groups (broad SMARTS) is 1. The molecule has 2 saturated heterocycles. The van der Waals surface area contributed by atoms with Crippen LogP contribution in [0, 0.1) is 5.92 Å². The molecule has 2 amide bonds. The topological polar surface area (TPSA) is 138 Å². The Balaban J connectivity index is 0.000000587. The number of nitrogens with zero attached hydrogens (tertiary/aromatic N) is 2. The smallest absolute Gasteiger partial charge is 0.475 e. The van der Waals surface area contributed by atoms with E-state index in [0.717, 1.165) is 51.3 Å². The fourth-order valence-corrected chi connectivity index (χ4v) is 6.34. The first-order valence-corrected chi connectivity index (χ1v) is 15.8. The van der Waals surface area contributed by atoms with Crippen molar-refractivity contribution in [3.63, 3.8) is 0 Å². The van der Waals surface area contributed by atoms with Gasteiger partial charge in [0.2, 0.25) is 11.8 Å². The molecule has 0 spiro atoms. The lowest BCUT2D eigenvalue weighted by Crippen LogP contribution is -2.54.